The molecule has 1 N–H and O–H groups in total. The molecule has 0 amide bonds. The molecule has 0 bridgehead atoms. The number of nitrogens with zero attached hydrogens (tertiary/aromatic N) is 1. The number of benzene rings is 1. The Morgan fingerprint density at radius 2 is 2.33 bits per heavy atom. The highest BCUT2D eigenvalue weighted by Gasteiger charge is 2.26. The number of carbonyl (C=O) groups is 1. The third-order valence-electron chi connectivity index (χ3n) is 3.70. The number of rotatable bonds is 5. The molecule has 1 fully saturated rings. The fourth-order valence-corrected chi connectivity index (χ4v) is 3.17. The monoisotopic (exact) mass is 375 g/mol. The van der Waals surface area contributed by atoms with E-state index in [9.17, 15) is 9.90 Å². The first-order valence-corrected chi connectivity index (χ1v) is 8.13. The van der Waals surface area contributed by atoms with Crippen molar-refractivity contribution in [3.05, 3.63) is 33.3 Å². The number of carbonyl (C=O) groups excluding carboxylic acids is 1. The number of hydrogen-bond acceptors (Lipinski definition) is 4. The van der Waals surface area contributed by atoms with Crippen LogP contribution in [0.5, 0.6) is 0 Å². The molecule has 2 rings (SSSR count). The van der Waals surface area contributed by atoms with Gasteiger partial charge in [-0.1, -0.05) is 27.5 Å². The van der Waals surface area contributed by atoms with Gasteiger partial charge in [0.05, 0.1) is 24.3 Å². The highest BCUT2D eigenvalue weighted by Crippen LogP contribution is 2.23. The van der Waals surface area contributed by atoms with Gasteiger partial charge in [-0.15, -0.1) is 0 Å². The minimum Gasteiger partial charge on any atom is -0.394 e. The van der Waals surface area contributed by atoms with Crippen LogP contribution in [0.15, 0.2) is 22.7 Å². The molecule has 116 valence electrons. The Morgan fingerprint density at radius 3 is 3.00 bits per heavy atom. The lowest BCUT2D eigenvalue weighted by molar-refractivity contribution is -0.0772. The van der Waals surface area contributed by atoms with Crippen molar-refractivity contribution in [2.45, 2.75) is 25.5 Å². The molecule has 0 saturated carbocycles. The summed E-state index contributed by atoms with van der Waals surface area (Å²) in [5.74, 6) is 0.0340. The molecule has 0 aliphatic carbocycles. The maximum absolute atomic E-state index is 12.3. The molecule has 2 atom stereocenters. The van der Waals surface area contributed by atoms with Crippen LogP contribution in [0.2, 0.25) is 5.02 Å². The topological polar surface area (TPSA) is 49.8 Å². The molecule has 1 heterocycles. The molecule has 0 radical (unpaired) electrons. The zero-order valence-electron chi connectivity index (χ0n) is 11.9. The summed E-state index contributed by atoms with van der Waals surface area (Å²) in [6, 6.07) is 5.54. The van der Waals surface area contributed by atoms with Crippen molar-refractivity contribution in [3.8, 4) is 0 Å². The van der Waals surface area contributed by atoms with Gasteiger partial charge in [-0.05, 0) is 25.1 Å². The Bertz CT molecular complexity index is 512. The van der Waals surface area contributed by atoms with E-state index in [1.54, 1.807) is 12.1 Å². The van der Waals surface area contributed by atoms with Gasteiger partial charge >= 0.3 is 0 Å². The zero-order chi connectivity index (χ0) is 15.4. The maximum atomic E-state index is 12.3. The van der Waals surface area contributed by atoms with Crippen molar-refractivity contribution >= 4 is 33.3 Å². The molecular formula is C15H19BrClNO3. The van der Waals surface area contributed by atoms with Crippen molar-refractivity contribution < 1.29 is 14.6 Å². The van der Waals surface area contributed by atoms with Gasteiger partial charge in [0.1, 0.15) is 0 Å². The van der Waals surface area contributed by atoms with Gasteiger partial charge < -0.3 is 9.84 Å². The Kier molecular flexibility index (Phi) is 6.20. The fourth-order valence-electron chi connectivity index (χ4n) is 2.39. The van der Waals surface area contributed by atoms with E-state index in [-0.39, 0.29) is 24.5 Å². The second-order valence-corrected chi connectivity index (χ2v) is 6.60. The molecule has 6 heteroatoms. The zero-order valence-corrected chi connectivity index (χ0v) is 14.2. The molecule has 1 aliphatic rings. The number of hydrogen-bond donors (Lipinski definition) is 1. The van der Waals surface area contributed by atoms with Crippen LogP contribution in [0.25, 0.3) is 0 Å². The van der Waals surface area contributed by atoms with E-state index in [1.807, 2.05) is 6.07 Å². The predicted molar refractivity (Wildman–Crippen MR) is 86.0 cm³/mol. The predicted octanol–water partition coefficient (Wildman–Crippen LogP) is 2.76. The Hall–Kier alpha value is -0.460. The summed E-state index contributed by atoms with van der Waals surface area (Å²) in [4.78, 5) is 14.4. The van der Waals surface area contributed by atoms with Crippen LogP contribution in [0, 0.1) is 0 Å². The molecule has 0 spiro atoms. The highest BCUT2D eigenvalue weighted by atomic mass is 79.9. The van der Waals surface area contributed by atoms with Crippen LogP contribution in [0.4, 0.5) is 0 Å². The summed E-state index contributed by atoms with van der Waals surface area (Å²) >= 11 is 9.43. The van der Waals surface area contributed by atoms with Crippen molar-refractivity contribution in [2.75, 3.05) is 26.3 Å². The van der Waals surface area contributed by atoms with E-state index < -0.39 is 0 Å². The fraction of sp³-hybridized carbons (Fsp3) is 0.533. The van der Waals surface area contributed by atoms with Gasteiger partial charge in [0.25, 0.3) is 0 Å². The molecule has 1 aromatic carbocycles. The number of Topliss-reactive ketones (excluding diaryl/α,β-unsaturated/α-hetero) is 1. The molecule has 1 aliphatic heterocycles. The average Bonchev–Trinajstić information content (AvgIpc) is 2.46. The SMILES string of the molecule is CC1COC(CO)CN1CCC(=O)c1ccc(Br)cc1Cl. The normalized spacial score (nSPS) is 23.2. The van der Waals surface area contributed by atoms with Gasteiger partial charge in [-0.3, -0.25) is 9.69 Å². The van der Waals surface area contributed by atoms with E-state index in [4.69, 9.17) is 16.3 Å². The summed E-state index contributed by atoms with van der Waals surface area (Å²) in [7, 11) is 0. The van der Waals surface area contributed by atoms with E-state index in [1.165, 1.54) is 0 Å². The number of morpholine rings is 1. The molecule has 2 unspecified atom stereocenters. The van der Waals surface area contributed by atoms with Crippen LogP contribution in [0.3, 0.4) is 0 Å². The second-order valence-electron chi connectivity index (χ2n) is 5.28. The number of aliphatic hydroxyl groups is 1. The van der Waals surface area contributed by atoms with Crippen LogP contribution < -0.4 is 0 Å². The van der Waals surface area contributed by atoms with Gasteiger partial charge in [-0.2, -0.15) is 0 Å². The first-order chi connectivity index (χ1) is 10.0. The van der Waals surface area contributed by atoms with Gasteiger partial charge in [0.2, 0.25) is 0 Å². The van der Waals surface area contributed by atoms with Crippen molar-refractivity contribution in [1.29, 1.82) is 0 Å². The van der Waals surface area contributed by atoms with Gasteiger partial charge in [-0.25, -0.2) is 0 Å². The lowest BCUT2D eigenvalue weighted by Gasteiger charge is -2.37. The van der Waals surface area contributed by atoms with Gasteiger partial charge in [0, 0.05) is 35.6 Å². The van der Waals surface area contributed by atoms with E-state index in [0.717, 1.165) is 4.47 Å². The van der Waals surface area contributed by atoms with Crippen molar-refractivity contribution in [2.24, 2.45) is 0 Å². The number of aliphatic hydroxyl groups excluding tert-OH is 1. The van der Waals surface area contributed by atoms with Crippen LogP contribution in [0.1, 0.15) is 23.7 Å². The summed E-state index contributed by atoms with van der Waals surface area (Å²) in [6.45, 7) is 3.95. The Labute approximate surface area is 138 Å². The van der Waals surface area contributed by atoms with Crippen LogP contribution in [-0.4, -0.2) is 54.2 Å². The minimum absolute atomic E-state index is 0.00963. The molecule has 1 saturated heterocycles. The summed E-state index contributed by atoms with van der Waals surface area (Å²) in [6.07, 6.45) is 0.247. The summed E-state index contributed by atoms with van der Waals surface area (Å²) < 4.78 is 6.35. The molecular weight excluding hydrogens is 358 g/mol. The quantitative estimate of drug-likeness (QED) is 0.803. The van der Waals surface area contributed by atoms with E-state index in [2.05, 4.69) is 27.8 Å². The first-order valence-electron chi connectivity index (χ1n) is 6.96. The van der Waals surface area contributed by atoms with Crippen molar-refractivity contribution in [3.63, 3.8) is 0 Å². The summed E-state index contributed by atoms with van der Waals surface area (Å²) in [5, 5.41) is 9.64. The Morgan fingerprint density at radius 1 is 1.57 bits per heavy atom. The molecule has 21 heavy (non-hydrogen) atoms. The Balaban J connectivity index is 1.93. The third-order valence-corrected chi connectivity index (χ3v) is 4.50. The second kappa shape index (κ2) is 7.70. The van der Waals surface area contributed by atoms with E-state index >= 15 is 0 Å². The minimum atomic E-state index is -0.160. The highest BCUT2D eigenvalue weighted by molar-refractivity contribution is 9.10. The lowest BCUT2D eigenvalue weighted by Crippen LogP contribution is -2.49. The van der Waals surface area contributed by atoms with Crippen LogP contribution >= 0.6 is 27.5 Å². The number of ketones is 1. The molecule has 1 aromatic rings. The lowest BCUT2D eigenvalue weighted by atomic mass is 10.1. The first kappa shape index (κ1) is 16.9. The molecule has 4 nitrogen and oxygen atoms in total. The third kappa shape index (κ3) is 4.50. The number of ether oxygens (including phenoxy) is 1. The van der Waals surface area contributed by atoms with Gasteiger partial charge in [0.15, 0.2) is 5.78 Å². The smallest absolute Gasteiger partial charge is 0.165 e. The molecule has 0 aromatic heterocycles. The standard InChI is InChI=1S/C15H19BrClNO3/c1-10-9-21-12(8-19)7-18(10)5-4-15(20)13-3-2-11(16)6-14(13)17/h2-3,6,10,12,19H,4-5,7-9H2,1H3. The largest absolute Gasteiger partial charge is 0.394 e. The number of halogens is 2. The average molecular weight is 377 g/mol. The van der Waals surface area contributed by atoms with Crippen LogP contribution in [-0.2, 0) is 4.74 Å². The summed E-state index contributed by atoms with van der Waals surface area (Å²) in [5.41, 5.74) is 0.555. The van der Waals surface area contributed by atoms with E-state index in [0.29, 0.717) is 36.7 Å². The van der Waals surface area contributed by atoms with Crippen molar-refractivity contribution in [1.82, 2.24) is 4.90 Å². The maximum Gasteiger partial charge on any atom is 0.165 e.